The van der Waals surface area contributed by atoms with Gasteiger partial charge in [0, 0.05) is 16.3 Å². The van der Waals surface area contributed by atoms with Gasteiger partial charge in [-0.1, -0.05) is 35.9 Å². The first-order valence-electron chi connectivity index (χ1n) is 8.82. The van der Waals surface area contributed by atoms with Crippen LogP contribution >= 0.6 is 24.0 Å². The third kappa shape index (κ3) is 4.88. The van der Waals surface area contributed by atoms with Crippen LogP contribution in [0.2, 0.25) is 5.02 Å². The zero-order valence-corrected chi connectivity index (χ0v) is 17.2. The van der Waals surface area contributed by atoms with Crippen molar-refractivity contribution in [1.82, 2.24) is 9.97 Å². The second-order valence-electron chi connectivity index (χ2n) is 6.43. The Morgan fingerprint density at radius 1 is 1.10 bits per heavy atom. The van der Waals surface area contributed by atoms with Crippen molar-refractivity contribution in [3.63, 3.8) is 0 Å². The number of carbonyl (C=O) groups is 1. The van der Waals surface area contributed by atoms with Gasteiger partial charge in [-0.15, -0.1) is 12.4 Å². The van der Waals surface area contributed by atoms with Gasteiger partial charge in [0.1, 0.15) is 11.6 Å². The number of nitrogens with one attached hydrogen (secondary N) is 2. The van der Waals surface area contributed by atoms with Crippen LogP contribution in [-0.2, 0) is 4.79 Å². The Kier molecular flexibility index (Phi) is 6.42. The molecule has 0 bridgehead atoms. The van der Waals surface area contributed by atoms with Crippen molar-refractivity contribution in [3.8, 4) is 17.1 Å². The predicted octanol–water partition coefficient (Wildman–Crippen LogP) is 5.63. The highest BCUT2D eigenvalue weighted by atomic mass is 35.5. The number of hydrogen-bond donors (Lipinski definition) is 2. The fraction of sp³-hybridized carbons (Fsp3) is 0.0909. The quantitative estimate of drug-likeness (QED) is 0.433. The van der Waals surface area contributed by atoms with E-state index in [4.69, 9.17) is 16.3 Å². The minimum absolute atomic E-state index is 0. The molecule has 0 aliphatic rings. The molecular formula is C22H19Cl2N3O2. The molecule has 1 aromatic heterocycles. The number of ether oxygens (including phenoxy) is 1. The van der Waals surface area contributed by atoms with Crippen molar-refractivity contribution in [3.05, 3.63) is 77.3 Å². The second-order valence-corrected chi connectivity index (χ2v) is 6.87. The van der Waals surface area contributed by atoms with Crippen LogP contribution in [0.1, 0.15) is 5.56 Å². The highest BCUT2D eigenvalue weighted by Crippen LogP contribution is 2.24. The van der Waals surface area contributed by atoms with E-state index in [1.807, 2.05) is 55.5 Å². The number of H-pyrrole nitrogens is 1. The summed E-state index contributed by atoms with van der Waals surface area (Å²) in [6, 6.07) is 20.7. The third-order valence-electron chi connectivity index (χ3n) is 4.30. The van der Waals surface area contributed by atoms with E-state index in [-0.39, 0.29) is 24.9 Å². The van der Waals surface area contributed by atoms with Crippen LogP contribution in [0.5, 0.6) is 5.75 Å². The van der Waals surface area contributed by atoms with Crippen molar-refractivity contribution in [2.45, 2.75) is 6.92 Å². The normalized spacial score (nSPS) is 10.4. The van der Waals surface area contributed by atoms with Gasteiger partial charge in [0.2, 0.25) is 0 Å². The van der Waals surface area contributed by atoms with E-state index in [2.05, 4.69) is 15.3 Å². The van der Waals surface area contributed by atoms with Gasteiger partial charge in [-0.2, -0.15) is 0 Å². The van der Waals surface area contributed by atoms with Gasteiger partial charge >= 0.3 is 0 Å². The highest BCUT2D eigenvalue weighted by Gasteiger charge is 2.09. The molecule has 0 unspecified atom stereocenters. The number of benzene rings is 3. The lowest BCUT2D eigenvalue weighted by Gasteiger charge is -2.10. The molecule has 4 aromatic rings. The number of rotatable bonds is 5. The Hall–Kier alpha value is -3.02. The number of nitrogens with zero attached hydrogens (tertiary/aromatic N) is 1. The Labute approximate surface area is 179 Å². The number of amides is 1. The molecule has 1 amide bonds. The minimum atomic E-state index is -0.240. The van der Waals surface area contributed by atoms with Crippen LogP contribution in [0, 0.1) is 6.92 Å². The molecule has 0 spiro atoms. The molecule has 7 heteroatoms. The van der Waals surface area contributed by atoms with E-state index in [0.29, 0.717) is 16.5 Å². The van der Waals surface area contributed by atoms with Crippen molar-refractivity contribution >= 4 is 46.6 Å². The maximum atomic E-state index is 12.3. The van der Waals surface area contributed by atoms with E-state index in [1.54, 1.807) is 18.2 Å². The topological polar surface area (TPSA) is 67.0 Å². The molecule has 0 aliphatic heterocycles. The van der Waals surface area contributed by atoms with Crippen LogP contribution in [0.3, 0.4) is 0 Å². The lowest BCUT2D eigenvalue weighted by molar-refractivity contribution is -0.118. The summed E-state index contributed by atoms with van der Waals surface area (Å²) in [6.07, 6.45) is 0. The molecule has 1 heterocycles. The third-order valence-corrected chi connectivity index (χ3v) is 4.54. The van der Waals surface area contributed by atoms with Gasteiger partial charge in [-0.05, 0) is 55.0 Å². The summed E-state index contributed by atoms with van der Waals surface area (Å²) in [5, 5.41) is 3.49. The van der Waals surface area contributed by atoms with Crippen LogP contribution < -0.4 is 10.1 Å². The maximum absolute atomic E-state index is 12.3. The van der Waals surface area contributed by atoms with Crippen molar-refractivity contribution in [2.24, 2.45) is 0 Å². The number of imidazole rings is 1. The van der Waals surface area contributed by atoms with Gasteiger partial charge in [0.05, 0.1) is 11.0 Å². The number of anilines is 1. The first-order chi connectivity index (χ1) is 13.6. The van der Waals surface area contributed by atoms with Gasteiger partial charge in [0.25, 0.3) is 5.91 Å². The summed E-state index contributed by atoms with van der Waals surface area (Å²) >= 11 is 5.94. The highest BCUT2D eigenvalue weighted by molar-refractivity contribution is 6.30. The molecule has 0 saturated carbocycles. The summed E-state index contributed by atoms with van der Waals surface area (Å²) in [4.78, 5) is 20.1. The summed E-state index contributed by atoms with van der Waals surface area (Å²) in [6.45, 7) is 1.80. The van der Waals surface area contributed by atoms with Crippen LogP contribution in [0.25, 0.3) is 22.4 Å². The van der Waals surface area contributed by atoms with Crippen molar-refractivity contribution in [1.29, 1.82) is 0 Å². The first-order valence-corrected chi connectivity index (χ1v) is 9.20. The molecule has 0 atom stereocenters. The lowest BCUT2D eigenvalue weighted by atomic mass is 10.2. The van der Waals surface area contributed by atoms with Crippen LogP contribution in [0.15, 0.2) is 66.7 Å². The summed E-state index contributed by atoms with van der Waals surface area (Å²) in [5.41, 5.74) is 4.33. The number of aromatic amines is 1. The van der Waals surface area contributed by atoms with Gasteiger partial charge in [-0.3, -0.25) is 4.79 Å². The molecular weight excluding hydrogens is 409 g/mol. The zero-order chi connectivity index (χ0) is 19.5. The van der Waals surface area contributed by atoms with Gasteiger partial charge < -0.3 is 15.0 Å². The summed E-state index contributed by atoms with van der Waals surface area (Å²) in [7, 11) is 0. The number of fused-ring (bicyclic) bond motifs is 1. The maximum Gasteiger partial charge on any atom is 0.262 e. The molecule has 3 aromatic carbocycles. The second kappa shape index (κ2) is 8.99. The van der Waals surface area contributed by atoms with Crippen molar-refractivity contribution in [2.75, 3.05) is 11.9 Å². The smallest absolute Gasteiger partial charge is 0.262 e. The van der Waals surface area contributed by atoms with E-state index < -0.39 is 0 Å². The molecule has 29 heavy (non-hydrogen) atoms. The number of aryl methyl sites for hydroxylation is 1. The number of halogens is 2. The monoisotopic (exact) mass is 427 g/mol. The lowest BCUT2D eigenvalue weighted by Crippen LogP contribution is -2.20. The van der Waals surface area contributed by atoms with E-state index >= 15 is 0 Å². The fourth-order valence-corrected chi connectivity index (χ4v) is 3.18. The minimum Gasteiger partial charge on any atom is -0.483 e. The SMILES string of the molecule is Cc1cc(Cl)ccc1OCC(=O)Nc1cccc(-c2nc3ccccc3[nH]2)c1.Cl. The molecule has 5 nitrogen and oxygen atoms in total. The van der Waals surface area contributed by atoms with Crippen molar-refractivity contribution < 1.29 is 9.53 Å². The number of aromatic nitrogens is 2. The van der Waals surface area contributed by atoms with E-state index in [0.717, 1.165) is 28.0 Å². The molecule has 0 fully saturated rings. The number of para-hydroxylation sites is 2. The Morgan fingerprint density at radius 2 is 1.93 bits per heavy atom. The average Bonchev–Trinajstić information content (AvgIpc) is 3.12. The molecule has 0 saturated heterocycles. The average molecular weight is 428 g/mol. The zero-order valence-electron chi connectivity index (χ0n) is 15.6. The largest absolute Gasteiger partial charge is 0.483 e. The molecule has 0 radical (unpaired) electrons. The standard InChI is InChI=1S/C22H18ClN3O2.ClH/c1-14-11-16(23)9-10-20(14)28-13-21(27)24-17-6-4-5-15(12-17)22-25-18-7-2-3-8-19(18)26-22;/h2-12H,13H2,1H3,(H,24,27)(H,25,26);1H. The van der Waals surface area contributed by atoms with Crippen LogP contribution in [0.4, 0.5) is 5.69 Å². The molecule has 0 aliphatic carbocycles. The Balaban J connectivity index is 0.00000240. The molecule has 4 rings (SSSR count). The number of carbonyl (C=O) groups excluding carboxylic acids is 1. The molecule has 2 N–H and O–H groups in total. The molecule has 148 valence electrons. The van der Waals surface area contributed by atoms with E-state index in [9.17, 15) is 4.79 Å². The predicted molar refractivity (Wildman–Crippen MR) is 119 cm³/mol. The van der Waals surface area contributed by atoms with Gasteiger partial charge in [0.15, 0.2) is 6.61 Å². The van der Waals surface area contributed by atoms with Crippen LogP contribution in [-0.4, -0.2) is 22.5 Å². The Bertz CT molecular complexity index is 1120. The number of hydrogen-bond acceptors (Lipinski definition) is 3. The fourth-order valence-electron chi connectivity index (χ4n) is 2.95. The Morgan fingerprint density at radius 3 is 2.72 bits per heavy atom. The summed E-state index contributed by atoms with van der Waals surface area (Å²) in [5.74, 6) is 1.15. The van der Waals surface area contributed by atoms with Gasteiger partial charge in [-0.25, -0.2) is 4.98 Å². The summed E-state index contributed by atoms with van der Waals surface area (Å²) < 4.78 is 5.59. The first kappa shape index (κ1) is 20.7. The van der Waals surface area contributed by atoms with E-state index in [1.165, 1.54) is 0 Å².